The molecule has 0 saturated heterocycles. The molecular formula is C15H10BrFN2O. The number of amides is 1. The zero-order valence-corrected chi connectivity index (χ0v) is 11.9. The second-order valence-corrected chi connectivity index (χ2v) is 4.95. The van der Waals surface area contributed by atoms with Gasteiger partial charge in [-0.1, -0.05) is 18.2 Å². The Balaban J connectivity index is 2.05. The fraction of sp³-hybridized carbons (Fsp3) is 0.0667. The lowest BCUT2D eigenvalue weighted by molar-refractivity contribution is 0.0946. The molecule has 0 aromatic heterocycles. The molecule has 0 aliphatic carbocycles. The van der Waals surface area contributed by atoms with Crippen LogP contribution in [0.4, 0.5) is 4.39 Å². The van der Waals surface area contributed by atoms with Crippen molar-refractivity contribution in [2.24, 2.45) is 0 Å². The van der Waals surface area contributed by atoms with Crippen molar-refractivity contribution in [1.82, 2.24) is 5.32 Å². The Morgan fingerprint density at radius 2 is 1.95 bits per heavy atom. The third kappa shape index (κ3) is 3.22. The molecule has 0 spiro atoms. The monoisotopic (exact) mass is 332 g/mol. The fourth-order valence-electron chi connectivity index (χ4n) is 1.65. The second-order valence-electron chi connectivity index (χ2n) is 4.09. The van der Waals surface area contributed by atoms with E-state index in [0.29, 0.717) is 5.56 Å². The van der Waals surface area contributed by atoms with Gasteiger partial charge in [-0.15, -0.1) is 0 Å². The first kappa shape index (κ1) is 14.2. The van der Waals surface area contributed by atoms with Crippen molar-refractivity contribution >= 4 is 21.8 Å². The van der Waals surface area contributed by atoms with E-state index in [2.05, 4.69) is 21.2 Å². The average molecular weight is 333 g/mol. The van der Waals surface area contributed by atoms with Crippen LogP contribution in [-0.4, -0.2) is 5.91 Å². The van der Waals surface area contributed by atoms with E-state index in [0.717, 1.165) is 5.56 Å². The van der Waals surface area contributed by atoms with Crippen molar-refractivity contribution in [3.63, 3.8) is 0 Å². The summed E-state index contributed by atoms with van der Waals surface area (Å²) in [6.45, 7) is 0.274. The highest BCUT2D eigenvalue weighted by Gasteiger charge is 2.13. The van der Waals surface area contributed by atoms with Gasteiger partial charge in [0.15, 0.2) is 0 Å². The van der Waals surface area contributed by atoms with Crippen LogP contribution in [0, 0.1) is 17.1 Å². The van der Waals surface area contributed by atoms with E-state index in [1.165, 1.54) is 12.1 Å². The molecule has 2 rings (SSSR count). The number of hydrogen-bond acceptors (Lipinski definition) is 2. The van der Waals surface area contributed by atoms with Gasteiger partial charge < -0.3 is 5.32 Å². The van der Waals surface area contributed by atoms with Crippen LogP contribution in [0.3, 0.4) is 0 Å². The SMILES string of the molecule is N#Cc1ccc(CNC(=O)c2cccc(Br)c2F)cc1. The Labute approximate surface area is 124 Å². The maximum atomic E-state index is 13.7. The van der Waals surface area contributed by atoms with Crippen molar-refractivity contribution < 1.29 is 9.18 Å². The summed E-state index contributed by atoms with van der Waals surface area (Å²) in [6.07, 6.45) is 0. The Hall–Kier alpha value is -2.19. The summed E-state index contributed by atoms with van der Waals surface area (Å²) in [7, 11) is 0. The van der Waals surface area contributed by atoms with Gasteiger partial charge in [0, 0.05) is 6.54 Å². The lowest BCUT2D eigenvalue weighted by Crippen LogP contribution is -2.23. The molecule has 0 radical (unpaired) electrons. The van der Waals surface area contributed by atoms with Crippen LogP contribution in [0.15, 0.2) is 46.9 Å². The van der Waals surface area contributed by atoms with Crippen molar-refractivity contribution in [3.05, 3.63) is 69.4 Å². The van der Waals surface area contributed by atoms with Gasteiger partial charge in [-0.25, -0.2) is 4.39 Å². The normalized spacial score (nSPS) is 9.85. The summed E-state index contributed by atoms with van der Waals surface area (Å²) in [5, 5.41) is 11.3. The highest BCUT2D eigenvalue weighted by atomic mass is 79.9. The molecule has 20 heavy (non-hydrogen) atoms. The van der Waals surface area contributed by atoms with Crippen molar-refractivity contribution in [1.29, 1.82) is 5.26 Å². The summed E-state index contributed by atoms with van der Waals surface area (Å²) in [4.78, 5) is 11.9. The molecule has 0 atom stereocenters. The Kier molecular flexibility index (Phi) is 4.49. The number of nitriles is 1. The average Bonchev–Trinajstić information content (AvgIpc) is 2.48. The minimum Gasteiger partial charge on any atom is -0.348 e. The van der Waals surface area contributed by atoms with Crippen LogP contribution < -0.4 is 5.32 Å². The number of nitrogens with zero attached hydrogens (tertiary/aromatic N) is 1. The zero-order chi connectivity index (χ0) is 14.5. The van der Waals surface area contributed by atoms with E-state index in [9.17, 15) is 9.18 Å². The summed E-state index contributed by atoms with van der Waals surface area (Å²) in [5.74, 6) is -1.06. The first-order valence-corrected chi connectivity index (χ1v) is 6.62. The van der Waals surface area contributed by atoms with E-state index >= 15 is 0 Å². The molecule has 0 bridgehead atoms. The van der Waals surface area contributed by atoms with Gasteiger partial charge in [-0.05, 0) is 45.8 Å². The van der Waals surface area contributed by atoms with Crippen LogP contribution in [-0.2, 0) is 6.54 Å². The van der Waals surface area contributed by atoms with Crippen LogP contribution in [0.2, 0.25) is 0 Å². The predicted molar refractivity (Wildman–Crippen MR) is 76.4 cm³/mol. The summed E-state index contributed by atoms with van der Waals surface area (Å²) in [5.41, 5.74) is 1.39. The van der Waals surface area contributed by atoms with E-state index in [-0.39, 0.29) is 16.6 Å². The lowest BCUT2D eigenvalue weighted by atomic mass is 10.1. The van der Waals surface area contributed by atoms with Crippen LogP contribution in [0.25, 0.3) is 0 Å². The number of carbonyl (C=O) groups is 1. The van der Waals surface area contributed by atoms with Gasteiger partial charge in [0.25, 0.3) is 5.91 Å². The molecule has 0 aliphatic rings. The van der Waals surface area contributed by atoms with Gasteiger partial charge >= 0.3 is 0 Å². The minimum absolute atomic E-state index is 0.00646. The second kappa shape index (κ2) is 6.31. The van der Waals surface area contributed by atoms with Gasteiger partial charge in [-0.2, -0.15) is 5.26 Å². The quantitative estimate of drug-likeness (QED) is 0.936. The van der Waals surface area contributed by atoms with Crippen molar-refractivity contribution in [2.75, 3.05) is 0 Å². The molecule has 0 unspecified atom stereocenters. The highest BCUT2D eigenvalue weighted by molar-refractivity contribution is 9.10. The maximum absolute atomic E-state index is 13.7. The number of benzene rings is 2. The topological polar surface area (TPSA) is 52.9 Å². The molecule has 5 heteroatoms. The Morgan fingerprint density at radius 1 is 1.25 bits per heavy atom. The van der Waals surface area contributed by atoms with E-state index < -0.39 is 11.7 Å². The maximum Gasteiger partial charge on any atom is 0.254 e. The van der Waals surface area contributed by atoms with Crippen LogP contribution >= 0.6 is 15.9 Å². The molecule has 0 heterocycles. The molecule has 100 valence electrons. The Morgan fingerprint density at radius 3 is 2.60 bits per heavy atom. The Bertz CT molecular complexity index is 677. The smallest absolute Gasteiger partial charge is 0.254 e. The first-order valence-electron chi connectivity index (χ1n) is 5.83. The van der Waals surface area contributed by atoms with E-state index in [1.54, 1.807) is 30.3 Å². The van der Waals surface area contributed by atoms with E-state index in [1.807, 2.05) is 6.07 Å². The minimum atomic E-state index is -0.579. The molecule has 3 nitrogen and oxygen atoms in total. The largest absolute Gasteiger partial charge is 0.348 e. The first-order chi connectivity index (χ1) is 9.61. The molecule has 0 aliphatic heterocycles. The number of carbonyl (C=O) groups excluding carboxylic acids is 1. The standard InChI is InChI=1S/C15H10BrFN2O/c16-13-3-1-2-12(14(13)17)15(20)19-9-11-6-4-10(8-18)5-7-11/h1-7H,9H2,(H,19,20). The fourth-order valence-corrected chi connectivity index (χ4v) is 2.02. The van der Waals surface area contributed by atoms with Gasteiger partial charge in [-0.3, -0.25) is 4.79 Å². The number of rotatable bonds is 3. The molecule has 1 N–H and O–H groups in total. The number of halogens is 2. The van der Waals surface area contributed by atoms with Gasteiger partial charge in [0.05, 0.1) is 21.7 Å². The molecule has 2 aromatic carbocycles. The molecule has 0 saturated carbocycles. The van der Waals surface area contributed by atoms with Crippen LogP contribution in [0.1, 0.15) is 21.5 Å². The van der Waals surface area contributed by atoms with Gasteiger partial charge in [0.1, 0.15) is 5.82 Å². The third-order valence-electron chi connectivity index (χ3n) is 2.73. The summed E-state index contributed by atoms with van der Waals surface area (Å²) in [6, 6.07) is 13.4. The zero-order valence-electron chi connectivity index (χ0n) is 10.4. The lowest BCUT2D eigenvalue weighted by Gasteiger charge is -2.07. The number of hydrogen-bond donors (Lipinski definition) is 1. The van der Waals surface area contributed by atoms with E-state index in [4.69, 9.17) is 5.26 Å². The van der Waals surface area contributed by atoms with Gasteiger partial charge in [0.2, 0.25) is 0 Å². The molecule has 0 fully saturated rings. The highest BCUT2D eigenvalue weighted by Crippen LogP contribution is 2.18. The molecular weight excluding hydrogens is 323 g/mol. The third-order valence-corrected chi connectivity index (χ3v) is 3.34. The van der Waals surface area contributed by atoms with Crippen LogP contribution in [0.5, 0.6) is 0 Å². The molecule has 1 amide bonds. The van der Waals surface area contributed by atoms with Crippen molar-refractivity contribution in [2.45, 2.75) is 6.54 Å². The number of nitrogens with one attached hydrogen (secondary N) is 1. The summed E-state index contributed by atoms with van der Waals surface area (Å²) >= 11 is 3.04. The predicted octanol–water partition coefficient (Wildman–Crippen LogP) is 3.39. The molecule has 2 aromatic rings. The summed E-state index contributed by atoms with van der Waals surface area (Å²) < 4.78 is 14.0. The van der Waals surface area contributed by atoms with Crippen molar-refractivity contribution in [3.8, 4) is 6.07 Å².